The molecule has 0 heterocycles. The van der Waals surface area contributed by atoms with Gasteiger partial charge in [-0.3, -0.25) is 0 Å². The molecule has 3 nitrogen and oxygen atoms in total. The zero-order valence-electron chi connectivity index (χ0n) is 10.2. The molecule has 1 rings (SSSR count). The SMILES string of the molecule is CC(C)[C@@H](CO)NCC(O)c1ccccc1Cl. The van der Waals surface area contributed by atoms with Crippen molar-refractivity contribution in [3.8, 4) is 0 Å². The van der Waals surface area contributed by atoms with E-state index >= 15 is 0 Å². The molecule has 0 bridgehead atoms. The summed E-state index contributed by atoms with van der Waals surface area (Å²) in [7, 11) is 0. The molecule has 4 heteroatoms. The smallest absolute Gasteiger partial charge is 0.0928 e. The zero-order chi connectivity index (χ0) is 12.8. The van der Waals surface area contributed by atoms with Crippen LogP contribution < -0.4 is 5.32 Å². The maximum atomic E-state index is 10.00. The summed E-state index contributed by atoms with van der Waals surface area (Å²) < 4.78 is 0. The maximum Gasteiger partial charge on any atom is 0.0928 e. The second-order valence-electron chi connectivity index (χ2n) is 4.48. The molecule has 17 heavy (non-hydrogen) atoms. The molecule has 0 saturated heterocycles. The lowest BCUT2D eigenvalue weighted by molar-refractivity contribution is 0.148. The van der Waals surface area contributed by atoms with Crippen molar-refractivity contribution >= 4 is 11.6 Å². The molecule has 0 aliphatic rings. The lowest BCUT2D eigenvalue weighted by atomic mass is 10.0. The van der Waals surface area contributed by atoms with Crippen LogP contribution in [0.25, 0.3) is 0 Å². The van der Waals surface area contributed by atoms with Gasteiger partial charge in [-0.05, 0) is 12.0 Å². The highest BCUT2D eigenvalue weighted by molar-refractivity contribution is 6.31. The Morgan fingerprint density at radius 2 is 1.94 bits per heavy atom. The molecule has 0 amide bonds. The standard InChI is InChI=1S/C13H20ClNO2/c1-9(2)12(8-16)15-7-13(17)10-5-3-4-6-11(10)14/h3-6,9,12-13,15-17H,7-8H2,1-2H3/t12-,13?/m1/s1. The van der Waals surface area contributed by atoms with Gasteiger partial charge in [-0.15, -0.1) is 0 Å². The third kappa shape index (κ3) is 4.28. The number of hydrogen-bond acceptors (Lipinski definition) is 3. The number of aliphatic hydroxyl groups excluding tert-OH is 2. The first kappa shape index (κ1) is 14.5. The fraction of sp³-hybridized carbons (Fsp3) is 0.538. The Labute approximate surface area is 107 Å². The van der Waals surface area contributed by atoms with Crippen molar-refractivity contribution in [3.05, 3.63) is 34.9 Å². The minimum Gasteiger partial charge on any atom is -0.395 e. The lowest BCUT2D eigenvalue weighted by Gasteiger charge is -2.22. The molecular formula is C13H20ClNO2. The molecule has 3 N–H and O–H groups in total. The molecular weight excluding hydrogens is 238 g/mol. The molecule has 0 aromatic heterocycles. The minimum absolute atomic E-state index is 0.00728. The van der Waals surface area contributed by atoms with Crippen LogP contribution in [0, 0.1) is 5.92 Å². The number of benzene rings is 1. The van der Waals surface area contributed by atoms with E-state index in [2.05, 4.69) is 5.32 Å². The Bertz CT molecular complexity index is 344. The van der Waals surface area contributed by atoms with E-state index in [9.17, 15) is 5.11 Å². The fourth-order valence-corrected chi connectivity index (χ4v) is 1.89. The van der Waals surface area contributed by atoms with Crippen LogP contribution in [0.2, 0.25) is 5.02 Å². The highest BCUT2D eigenvalue weighted by atomic mass is 35.5. The Kier molecular flexibility index (Phi) is 5.92. The van der Waals surface area contributed by atoms with Gasteiger partial charge in [0.1, 0.15) is 0 Å². The average molecular weight is 258 g/mol. The van der Waals surface area contributed by atoms with Gasteiger partial charge in [-0.25, -0.2) is 0 Å². The van der Waals surface area contributed by atoms with Crippen LogP contribution in [0.3, 0.4) is 0 Å². The summed E-state index contributed by atoms with van der Waals surface area (Å²) >= 11 is 5.99. The summed E-state index contributed by atoms with van der Waals surface area (Å²) in [6, 6.07) is 7.23. The molecule has 96 valence electrons. The predicted molar refractivity (Wildman–Crippen MR) is 70.1 cm³/mol. The maximum absolute atomic E-state index is 10.00. The largest absolute Gasteiger partial charge is 0.395 e. The van der Waals surface area contributed by atoms with Gasteiger partial charge in [-0.2, -0.15) is 0 Å². The molecule has 0 radical (unpaired) electrons. The Morgan fingerprint density at radius 1 is 1.29 bits per heavy atom. The topological polar surface area (TPSA) is 52.5 Å². The second-order valence-corrected chi connectivity index (χ2v) is 4.89. The molecule has 0 aliphatic carbocycles. The highest BCUT2D eigenvalue weighted by Gasteiger charge is 2.15. The minimum atomic E-state index is -0.656. The predicted octanol–water partition coefficient (Wildman–Crippen LogP) is 1.98. The molecule has 0 spiro atoms. The first-order valence-electron chi connectivity index (χ1n) is 5.83. The van der Waals surface area contributed by atoms with Crippen LogP contribution in [0.15, 0.2) is 24.3 Å². The average Bonchev–Trinajstić information content (AvgIpc) is 2.29. The summed E-state index contributed by atoms with van der Waals surface area (Å²) in [5.41, 5.74) is 0.710. The van der Waals surface area contributed by atoms with Crippen molar-refractivity contribution < 1.29 is 10.2 Å². The van der Waals surface area contributed by atoms with Crippen LogP contribution >= 0.6 is 11.6 Å². The van der Waals surface area contributed by atoms with Crippen LogP contribution in [-0.4, -0.2) is 29.4 Å². The summed E-state index contributed by atoms with van der Waals surface area (Å²) in [6.45, 7) is 4.49. The van der Waals surface area contributed by atoms with Gasteiger partial charge in [-0.1, -0.05) is 43.6 Å². The first-order chi connectivity index (χ1) is 8.06. The van der Waals surface area contributed by atoms with E-state index in [0.29, 0.717) is 23.0 Å². The summed E-state index contributed by atoms with van der Waals surface area (Å²) in [4.78, 5) is 0. The van der Waals surface area contributed by atoms with E-state index in [1.807, 2.05) is 26.0 Å². The second kappa shape index (κ2) is 6.97. The molecule has 0 aliphatic heterocycles. The van der Waals surface area contributed by atoms with Gasteiger partial charge in [0.25, 0.3) is 0 Å². The van der Waals surface area contributed by atoms with Crippen LogP contribution in [-0.2, 0) is 0 Å². The first-order valence-corrected chi connectivity index (χ1v) is 6.20. The van der Waals surface area contributed by atoms with E-state index in [4.69, 9.17) is 16.7 Å². The van der Waals surface area contributed by atoms with Gasteiger partial charge < -0.3 is 15.5 Å². The Morgan fingerprint density at radius 3 is 2.47 bits per heavy atom. The molecule has 1 aromatic carbocycles. The highest BCUT2D eigenvalue weighted by Crippen LogP contribution is 2.22. The molecule has 1 aromatic rings. The van der Waals surface area contributed by atoms with Crippen molar-refractivity contribution in [2.45, 2.75) is 26.0 Å². The van der Waals surface area contributed by atoms with Gasteiger partial charge in [0.05, 0.1) is 12.7 Å². The van der Waals surface area contributed by atoms with Gasteiger partial charge in [0.2, 0.25) is 0 Å². The Hall–Kier alpha value is -0.610. The lowest BCUT2D eigenvalue weighted by Crippen LogP contribution is -2.39. The van der Waals surface area contributed by atoms with Crippen molar-refractivity contribution in [2.24, 2.45) is 5.92 Å². The third-order valence-electron chi connectivity index (χ3n) is 2.84. The summed E-state index contributed by atoms with van der Waals surface area (Å²) in [5, 5.41) is 22.9. The summed E-state index contributed by atoms with van der Waals surface area (Å²) in [6.07, 6.45) is -0.656. The Balaban J connectivity index is 2.55. The monoisotopic (exact) mass is 257 g/mol. The van der Waals surface area contributed by atoms with Gasteiger partial charge in [0.15, 0.2) is 0 Å². The number of hydrogen-bond donors (Lipinski definition) is 3. The van der Waals surface area contributed by atoms with E-state index < -0.39 is 6.10 Å². The van der Waals surface area contributed by atoms with E-state index in [0.717, 1.165) is 0 Å². The summed E-state index contributed by atoms with van der Waals surface area (Å²) in [5.74, 6) is 0.318. The number of halogens is 1. The molecule has 1 unspecified atom stereocenters. The van der Waals surface area contributed by atoms with Gasteiger partial charge in [0, 0.05) is 23.2 Å². The van der Waals surface area contributed by atoms with Gasteiger partial charge >= 0.3 is 0 Å². The number of aliphatic hydroxyl groups is 2. The van der Waals surface area contributed by atoms with Crippen molar-refractivity contribution in [1.82, 2.24) is 5.32 Å². The quantitative estimate of drug-likeness (QED) is 0.731. The molecule has 0 saturated carbocycles. The number of rotatable bonds is 6. The van der Waals surface area contributed by atoms with E-state index in [1.54, 1.807) is 12.1 Å². The van der Waals surface area contributed by atoms with E-state index in [-0.39, 0.29) is 12.6 Å². The van der Waals surface area contributed by atoms with Crippen molar-refractivity contribution in [2.75, 3.05) is 13.2 Å². The van der Waals surface area contributed by atoms with E-state index in [1.165, 1.54) is 0 Å². The number of nitrogens with one attached hydrogen (secondary N) is 1. The molecule has 2 atom stereocenters. The zero-order valence-corrected chi connectivity index (χ0v) is 11.0. The van der Waals surface area contributed by atoms with Crippen LogP contribution in [0.5, 0.6) is 0 Å². The van der Waals surface area contributed by atoms with Crippen LogP contribution in [0.1, 0.15) is 25.5 Å². The fourth-order valence-electron chi connectivity index (χ4n) is 1.63. The van der Waals surface area contributed by atoms with Crippen molar-refractivity contribution in [1.29, 1.82) is 0 Å². The van der Waals surface area contributed by atoms with Crippen LogP contribution in [0.4, 0.5) is 0 Å². The third-order valence-corrected chi connectivity index (χ3v) is 3.18. The molecule has 0 fully saturated rings. The van der Waals surface area contributed by atoms with Crippen molar-refractivity contribution in [3.63, 3.8) is 0 Å². The normalized spacial score (nSPS) is 14.9.